The molecule has 0 amide bonds. The zero-order chi connectivity index (χ0) is 14.9. The lowest BCUT2D eigenvalue weighted by atomic mass is 10.1. The minimum Gasteiger partial charge on any atom is -0.478 e. The highest BCUT2D eigenvalue weighted by atomic mass is 16.4. The van der Waals surface area contributed by atoms with Crippen LogP contribution in [0.2, 0.25) is 0 Å². The Labute approximate surface area is 117 Å². The molecule has 1 N–H and O–H groups in total. The number of hydrogen-bond acceptors (Lipinski definition) is 4. The van der Waals surface area contributed by atoms with Crippen molar-refractivity contribution in [2.45, 2.75) is 20.8 Å². The first-order chi connectivity index (χ1) is 9.41. The van der Waals surface area contributed by atoms with Crippen molar-refractivity contribution in [1.29, 1.82) is 0 Å². The molecule has 0 fully saturated rings. The van der Waals surface area contributed by atoms with Crippen molar-refractivity contribution in [3.63, 3.8) is 0 Å². The molecule has 0 saturated heterocycles. The van der Waals surface area contributed by atoms with E-state index in [1.165, 1.54) is 0 Å². The first-order valence-corrected chi connectivity index (χ1v) is 6.29. The molecule has 0 radical (unpaired) electrons. The number of carboxylic acid groups (broad SMARTS) is 1. The average Bonchev–Trinajstić information content (AvgIpc) is 2.41. The van der Waals surface area contributed by atoms with E-state index in [1.54, 1.807) is 25.8 Å². The minimum atomic E-state index is -0.991. The predicted octanol–water partition coefficient (Wildman–Crippen LogP) is 2.87. The van der Waals surface area contributed by atoms with Crippen molar-refractivity contribution in [3.8, 4) is 0 Å². The van der Waals surface area contributed by atoms with Gasteiger partial charge in [0.25, 0.3) is 0 Å². The number of aromatic nitrogens is 2. The molecule has 0 bridgehead atoms. The van der Waals surface area contributed by atoms with Crippen molar-refractivity contribution in [3.05, 3.63) is 46.6 Å². The lowest BCUT2D eigenvalue weighted by Crippen LogP contribution is -2.18. The second kappa shape index (κ2) is 5.28. The van der Waals surface area contributed by atoms with Crippen LogP contribution in [0.5, 0.6) is 0 Å². The largest absolute Gasteiger partial charge is 0.478 e. The van der Waals surface area contributed by atoms with Crippen molar-refractivity contribution >= 4 is 17.5 Å². The number of carboxylic acids is 1. The standard InChI is InChI=1S/C15H17N3O2/c1-9-5-7-12(8-6-9)18(4)14-13(15(19)20)10(2)11(3)16-17-14/h5-8H,1-4H3,(H,19,20). The third-order valence-electron chi connectivity index (χ3n) is 3.39. The fourth-order valence-electron chi connectivity index (χ4n) is 1.98. The Bertz CT molecular complexity index is 651. The summed E-state index contributed by atoms with van der Waals surface area (Å²) in [6.45, 7) is 5.51. The van der Waals surface area contributed by atoms with Crippen LogP contribution < -0.4 is 4.90 Å². The van der Waals surface area contributed by atoms with Crippen LogP contribution in [0.15, 0.2) is 24.3 Å². The summed E-state index contributed by atoms with van der Waals surface area (Å²) >= 11 is 0. The molecule has 0 atom stereocenters. The topological polar surface area (TPSA) is 66.3 Å². The maximum Gasteiger partial charge on any atom is 0.339 e. The van der Waals surface area contributed by atoms with Gasteiger partial charge < -0.3 is 10.0 Å². The van der Waals surface area contributed by atoms with Gasteiger partial charge in [-0.25, -0.2) is 4.79 Å². The molecule has 0 saturated carbocycles. The first-order valence-electron chi connectivity index (χ1n) is 6.29. The van der Waals surface area contributed by atoms with Gasteiger partial charge in [0, 0.05) is 12.7 Å². The van der Waals surface area contributed by atoms with Crippen molar-refractivity contribution < 1.29 is 9.90 Å². The van der Waals surface area contributed by atoms with Crippen molar-refractivity contribution in [2.75, 3.05) is 11.9 Å². The average molecular weight is 271 g/mol. The van der Waals surface area contributed by atoms with Gasteiger partial charge in [-0.2, -0.15) is 5.10 Å². The number of anilines is 2. The Morgan fingerprint density at radius 2 is 1.70 bits per heavy atom. The molecule has 5 nitrogen and oxygen atoms in total. The zero-order valence-electron chi connectivity index (χ0n) is 12.0. The first kappa shape index (κ1) is 14.0. The molecule has 104 valence electrons. The molecule has 5 heteroatoms. The highest BCUT2D eigenvalue weighted by Crippen LogP contribution is 2.27. The van der Waals surface area contributed by atoms with E-state index in [1.807, 2.05) is 31.2 Å². The molecule has 2 rings (SSSR count). The van der Waals surface area contributed by atoms with Crippen molar-refractivity contribution in [2.24, 2.45) is 0 Å². The number of aromatic carboxylic acids is 1. The highest BCUT2D eigenvalue weighted by Gasteiger charge is 2.21. The number of hydrogen-bond donors (Lipinski definition) is 1. The van der Waals surface area contributed by atoms with Crippen LogP contribution in [0.3, 0.4) is 0 Å². The van der Waals surface area contributed by atoms with Gasteiger partial charge in [0.2, 0.25) is 0 Å². The van der Waals surface area contributed by atoms with E-state index in [9.17, 15) is 9.90 Å². The smallest absolute Gasteiger partial charge is 0.339 e. The molecule has 1 aromatic carbocycles. The van der Waals surface area contributed by atoms with E-state index in [0.717, 1.165) is 11.3 Å². The lowest BCUT2D eigenvalue weighted by Gasteiger charge is -2.21. The summed E-state index contributed by atoms with van der Waals surface area (Å²) in [5.74, 6) is -0.640. The van der Waals surface area contributed by atoms with Crippen LogP contribution in [-0.2, 0) is 0 Å². The Hall–Kier alpha value is -2.43. The summed E-state index contributed by atoms with van der Waals surface area (Å²) in [6, 6.07) is 7.80. The summed E-state index contributed by atoms with van der Waals surface area (Å²) in [6.07, 6.45) is 0. The molecule has 20 heavy (non-hydrogen) atoms. The third-order valence-corrected chi connectivity index (χ3v) is 3.39. The Morgan fingerprint density at radius 3 is 2.25 bits per heavy atom. The van der Waals surface area contributed by atoms with E-state index in [2.05, 4.69) is 10.2 Å². The van der Waals surface area contributed by atoms with E-state index < -0.39 is 5.97 Å². The summed E-state index contributed by atoms with van der Waals surface area (Å²) in [5, 5.41) is 17.5. The summed E-state index contributed by atoms with van der Waals surface area (Å²) in [4.78, 5) is 13.2. The van der Waals surface area contributed by atoms with E-state index in [-0.39, 0.29) is 5.56 Å². The maximum atomic E-state index is 11.5. The van der Waals surface area contributed by atoms with Gasteiger partial charge in [0.05, 0.1) is 5.69 Å². The molecular formula is C15H17N3O2. The van der Waals surface area contributed by atoms with Crippen LogP contribution in [0.4, 0.5) is 11.5 Å². The van der Waals surface area contributed by atoms with Crippen LogP contribution in [0.25, 0.3) is 0 Å². The quantitative estimate of drug-likeness (QED) is 0.929. The van der Waals surface area contributed by atoms with Gasteiger partial charge in [0.15, 0.2) is 5.82 Å². The zero-order valence-corrected chi connectivity index (χ0v) is 12.0. The molecular weight excluding hydrogens is 254 g/mol. The fraction of sp³-hybridized carbons (Fsp3) is 0.267. The number of rotatable bonds is 3. The SMILES string of the molecule is Cc1ccc(N(C)c2nnc(C)c(C)c2C(=O)O)cc1. The summed E-state index contributed by atoms with van der Waals surface area (Å²) in [7, 11) is 1.79. The van der Waals surface area contributed by atoms with Gasteiger partial charge in [-0.1, -0.05) is 17.7 Å². The number of nitrogens with zero attached hydrogens (tertiary/aromatic N) is 3. The summed E-state index contributed by atoms with van der Waals surface area (Å²) in [5.41, 5.74) is 3.48. The third kappa shape index (κ3) is 2.47. The van der Waals surface area contributed by atoms with Gasteiger partial charge in [0.1, 0.15) is 5.56 Å². The molecule has 0 unspecified atom stereocenters. The fourth-order valence-corrected chi connectivity index (χ4v) is 1.98. The monoisotopic (exact) mass is 271 g/mol. The molecule has 0 spiro atoms. The van der Waals surface area contributed by atoms with Gasteiger partial charge in [-0.3, -0.25) is 0 Å². The lowest BCUT2D eigenvalue weighted by molar-refractivity contribution is 0.0696. The molecule has 0 aliphatic carbocycles. The Balaban J connectivity index is 2.54. The highest BCUT2D eigenvalue weighted by molar-refractivity contribution is 5.96. The number of carbonyl (C=O) groups is 1. The van der Waals surface area contributed by atoms with Gasteiger partial charge in [-0.15, -0.1) is 5.10 Å². The van der Waals surface area contributed by atoms with Gasteiger partial charge in [-0.05, 0) is 38.5 Å². The van der Waals surface area contributed by atoms with E-state index >= 15 is 0 Å². The maximum absolute atomic E-state index is 11.5. The molecule has 0 aliphatic heterocycles. The molecule has 1 heterocycles. The molecule has 1 aromatic heterocycles. The van der Waals surface area contributed by atoms with Crippen LogP contribution in [0.1, 0.15) is 27.2 Å². The minimum absolute atomic E-state index is 0.195. The van der Waals surface area contributed by atoms with Crippen molar-refractivity contribution in [1.82, 2.24) is 10.2 Å². The normalized spacial score (nSPS) is 10.4. The second-order valence-electron chi connectivity index (χ2n) is 4.81. The van der Waals surface area contributed by atoms with Crippen LogP contribution in [-0.4, -0.2) is 28.3 Å². The summed E-state index contributed by atoms with van der Waals surface area (Å²) < 4.78 is 0. The Morgan fingerprint density at radius 1 is 1.10 bits per heavy atom. The van der Waals surface area contributed by atoms with Crippen LogP contribution in [0, 0.1) is 20.8 Å². The van der Waals surface area contributed by atoms with E-state index in [0.29, 0.717) is 17.1 Å². The number of aryl methyl sites for hydroxylation is 2. The second-order valence-corrected chi connectivity index (χ2v) is 4.81. The van der Waals surface area contributed by atoms with E-state index in [4.69, 9.17) is 0 Å². The number of benzene rings is 1. The van der Waals surface area contributed by atoms with Gasteiger partial charge >= 0.3 is 5.97 Å². The van der Waals surface area contributed by atoms with Crippen LogP contribution >= 0.6 is 0 Å². The molecule has 0 aliphatic rings. The predicted molar refractivity (Wildman–Crippen MR) is 77.7 cm³/mol. The molecule has 2 aromatic rings. The Kier molecular flexibility index (Phi) is 3.70.